The van der Waals surface area contributed by atoms with Crippen LogP contribution in [-0.2, 0) is 14.3 Å². The SMILES string of the molecule is O=C1CCC(N2C(=O)c3cccc(NCC4CC5(CCN(CC6CCC(n7cc(NC(=O)c8cncc9ccc(N%10C[C@H]%11CC%10CO%11)nc89)c(C(F)F)n7)CC6)CC5)C4)c3C2=O)C(=O)N1. The molecule has 1 spiro atoms. The molecule has 0 radical (unpaired) electrons. The maximum atomic E-state index is 14.4. The van der Waals surface area contributed by atoms with Crippen molar-refractivity contribution in [3.05, 3.63) is 71.3 Å². The number of amides is 5. The Morgan fingerprint density at radius 1 is 0.938 bits per heavy atom. The molecule has 8 heterocycles. The molecule has 5 aliphatic heterocycles. The third kappa shape index (κ3) is 7.71. The first kappa shape index (κ1) is 41.8. The van der Waals surface area contributed by atoms with Crippen LogP contribution in [-0.4, -0.2) is 117 Å². The predicted molar refractivity (Wildman–Crippen MR) is 234 cm³/mol. The van der Waals surface area contributed by atoms with E-state index in [1.165, 1.54) is 6.20 Å². The van der Waals surface area contributed by atoms with E-state index in [9.17, 15) is 32.8 Å². The van der Waals surface area contributed by atoms with Gasteiger partial charge in [-0.25, -0.2) is 13.8 Å². The number of alkyl halides is 2. The predicted octanol–water partition coefficient (Wildman–Crippen LogP) is 5.73. The number of benzene rings is 1. The van der Waals surface area contributed by atoms with Gasteiger partial charge in [0, 0.05) is 55.7 Å². The molecule has 1 aromatic carbocycles. The summed E-state index contributed by atoms with van der Waals surface area (Å²) in [6.07, 6.45) is 11.1. The van der Waals surface area contributed by atoms with Gasteiger partial charge in [0.05, 0.1) is 52.7 Å². The Labute approximate surface area is 373 Å². The largest absolute Gasteiger partial charge is 0.384 e. The monoisotopic (exact) mass is 890 g/mol. The number of pyridine rings is 2. The minimum atomic E-state index is -2.86. The molecule has 4 aromatic rings. The average molecular weight is 891 g/mol. The van der Waals surface area contributed by atoms with E-state index in [2.05, 4.69) is 35.8 Å². The molecular formula is C47H52F2N10O6. The molecule has 2 unspecified atom stereocenters. The highest BCUT2D eigenvalue weighted by molar-refractivity contribution is 6.25. The Hall–Kier alpha value is -5.88. The average Bonchev–Trinajstić information content (AvgIpc) is 4.10. The molecular weight excluding hydrogens is 839 g/mol. The van der Waals surface area contributed by atoms with Crippen molar-refractivity contribution in [3.8, 4) is 0 Å². The summed E-state index contributed by atoms with van der Waals surface area (Å²) in [5.74, 6) is -0.889. The number of piperidine rings is 2. The second-order valence-electron chi connectivity index (χ2n) is 19.4. The zero-order valence-corrected chi connectivity index (χ0v) is 36.0. The number of fused-ring (bicyclic) bond motifs is 4. The number of anilines is 3. The molecule has 18 heteroatoms. The van der Waals surface area contributed by atoms with E-state index in [0.29, 0.717) is 47.0 Å². The van der Waals surface area contributed by atoms with Crippen LogP contribution in [0, 0.1) is 17.3 Å². The fraction of sp³-hybridized carbons (Fsp3) is 0.532. The van der Waals surface area contributed by atoms with Crippen molar-refractivity contribution in [3.63, 3.8) is 0 Å². The first-order chi connectivity index (χ1) is 31.5. The van der Waals surface area contributed by atoms with Crippen LogP contribution in [0.3, 0.4) is 0 Å². The Morgan fingerprint density at radius 3 is 2.49 bits per heavy atom. The quantitative estimate of drug-likeness (QED) is 0.156. The molecule has 11 rings (SSSR count). The van der Waals surface area contributed by atoms with E-state index >= 15 is 0 Å². The van der Waals surface area contributed by atoms with Crippen LogP contribution >= 0.6 is 0 Å². The summed E-state index contributed by atoms with van der Waals surface area (Å²) in [7, 11) is 0. The number of nitrogens with one attached hydrogen (secondary N) is 3. The van der Waals surface area contributed by atoms with E-state index in [1.54, 1.807) is 35.3 Å². The lowest BCUT2D eigenvalue weighted by Crippen LogP contribution is -2.54. The molecule has 4 saturated heterocycles. The fourth-order valence-electron chi connectivity index (χ4n) is 11.9. The summed E-state index contributed by atoms with van der Waals surface area (Å²) in [6.45, 7) is 5.16. The smallest absolute Gasteiger partial charge is 0.284 e. The van der Waals surface area contributed by atoms with E-state index in [4.69, 9.17) is 9.72 Å². The number of morpholine rings is 1. The van der Waals surface area contributed by atoms with Crippen molar-refractivity contribution < 1.29 is 37.5 Å². The van der Waals surface area contributed by atoms with Crippen LogP contribution in [0.5, 0.6) is 0 Å². The van der Waals surface area contributed by atoms with Gasteiger partial charge in [0.1, 0.15) is 11.9 Å². The molecule has 2 aliphatic carbocycles. The lowest BCUT2D eigenvalue weighted by atomic mass is 9.57. The first-order valence-corrected chi connectivity index (χ1v) is 23.1. The summed E-state index contributed by atoms with van der Waals surface area (Å²) in [4.78, 5) is 79.6. The number of ether oxygens (including phenoxy) is 1. The molecule has 5 amide bonds. The molecule has 16 nitrogen and oxygen atoms in total. The van der Waals surface area contributed by atoms with Gasteiger partial charge in [0.25, 0.3) is 24.1 Å². The zero-order valence-electron chi connectivity index (χ0n) is 36.0. The molecule has 3 aromatic heterocycles. The van der Waals surface area contributed by atoms with Gasteiger partial charge >= 0.3 is 0 Å². The summed E-state index contributed by atoms with van der Waals surface area (Å²) < 4.78 is 36.1. The van der Waals surface area contributed by atoms with Crippen LogP contribution < -0.4 is 20.9 Å². The van der Waals surface area contributed by atoms with Gasteiger partial charge in [-0.2, -0.15) is 5.10 Å². The van der Waals surface area contributed by atoms with Gasteiger partial charge in [0.2, 0.25) is 11.8 Å². The van der Waals surface area contributed by atoms with Crippen molar-refractivity contribution >= 4 is 57.6 Å². The van der Waals surface area contributed by atoms with E-state index in [0.717, 1.165) is 94.7 Å². The fourth-order valence-corrected chi connectivity index (χ4v) is 11.9. The maximum Gasteiger partial charge on any atom is 0.284 e. The minimum absolute atomic E-state index is 0.000853. The van der Waals surface area contributed by atoms with Crippen LogP contribution in [0.1, 0.15) is 120 Å². The van der Waals surface area contributed by atoms with Crippen LogP contribution in [0.4, 0.5) is 26.0 Å². The molecule has 340 valence electrons. The summed E-state index contributed by atoms with van der Waals surface area (Å²) in [5.41, 5.74) is 1.70. The Balaban J connectivity index is 0.651. The standard InChI is InChI=1S/C47H52F2N10O6/c48-42(49)41-35(52-43(61)33-21-50-20-28-6-10-37(53-40(28)33)57-23-31-16-30(57)25-65-31)24-58(55-41)29-7-4-26(5-8-29)22-56-14-12-47(13-15-56)17-27(18-47)19-51-34-3-1-2-32-39(34)46(64)59(45(32)63)36-9-11-38(60)54-44(36)62/h1-3,6,10,20-21,24,26-27,29-31,36,42,51H,4-5,7-9,11-19,22-23,25H2,(H,52,61)(H,54,60,62)/t26?,29?,30?,31-,36?/m1/s1. The van der Waals surface area contributed by atoms with Gasteiger partial charge in [-0.05, 0) is 119 Å². The highest BCUT2D eigenvalue weighted by atomic mass is 19.3. The van der Waals surface area contributed by atoms with Crippen molar-refractivity contribution in [1.82, 2.24) is 34.9 Å². The van der Waals surface area contributed by atoms with Crippen LogP contribution in [0.25, 0.3) is 10.9 Å². The molecule has 3 atom stereocenters. The van der Waals surface area contributed by atoms with Crippen LogP contribution in [0.15, 0.2) is 48.9 Å². The van der Waals surface area contributed by atoms with Gasteiger partial charge < -0.3 is 25.2 Å². The van der Waals surface area contributed by atoms with E-state index < -0.39 is 47.7 Å². The highest BCUT2D eigenvalue weighted by Gasteiger charge is 2.48. The van der Waals surface area contributed by atoms with Crippen molar-refractivity contribution in [1.29, 1.82) is 0 Å². The number of carbonyl (C=O) groups is 5. The van der Waals surface area contributed by atoms with Crippen molar-refractivity contribution in [2.75, 3.05) is 54.9 Å². The number of hydrogen-bond acceptors (Lipinski definition) is 12. The number of hydrogen-bond donors (Lipinski definition) is 3. The van der Waals surface area contributed by atoms with Gasteiger partial charge in [-0.3, -0.25) is 43.9 Å². The number of imide groups is 2. The number of aromatic nitrogens is 4. The molecule has 2 saturated carbocycles. The summed E-state index contributed by atoms with van der Waals surface area (Å²) in [6, 6.07) is 8.18. The zero-order chi connectivity index (χ0) is 44.6. The first-order valence-electron chi connectivity index (χ1n) is 23.1. The Bertz CT molecular complexity index is 2580. The Morgan fingerprint density at radius 2 is 1.75 bits per heavy atom. The van der Waals surface area contributed by atoms with Crippen molar-refractivity contribution in [2.45, 2.75) is 101 Å². The minimum Gasteiger partial charge on any atom is -0.384 e. The summed E-state index contributed by atoms with van der Waals surface area (Å²) in [5, 5.41) is 13.4. The third-order valence-electron chi connectivity index (χ3n) is 15.4. The highest BCUT2D eigenvalue weighted by Crippen LogP contribution is 2.53. The third-order valence-corrected chi connectivity index (χ3v) is 15.4. The number of carbonyl (C=O) groups excluding carboxylic acids is 5. The maximum absolute atomic E-state index is 14.4. The summed E-state index contributed by atoms with van der Waals surface area (Å²) >= 11 is 0. The van der Waals surface area contributed by atoms with Gasteiger partial charge in [0.15, 0.2) is 5.69 Å². The second kappa shape index (κ2) is 16.5. The van der Waals surface area contributed by atoms with Crippen molar-refractivity contribution in [2.24, 2.45) is 17.3 Å². The molecule has 65 heavy (non-hydrogen) atoms. The van der Waals surface area contributed by atoms with E-state index in [-0.39, 0.29) is 53.4 Å². The van der Waals surface area contributed by atoms with Crippen LogP contribution in [0.2, 0.25) is 0 Å². The molecule has 2 bridgehead atoms. The Kier molecular flexibility index (Phi) is 10.6. The lowest BCUT2D eigenvalue weighted by Gasteiger charge is -2.53. The number of halogens is 2. The molecule has 7 aliphatic rings. The second-order valence-corrected chi connectivity index (χ2v) is 19.4. The molecule has 3 N–H and O–H groups in total. The number of rotatable bonds is 11. The number of likely N-dealkylation sites (tertiary alicyclic amines) is 1. The lowest BCUT2D eigenvalue weighted by molar-refractivity contribution is -0.136. The molecule has 6 fully saturated rings. The van der Waals surface area contributed by atoms with E-state index in [1.807, 2.05) is 12.1 Å². The normalized spacial score (nSPS) is 26.6. The van der Waals surface area contributed by atoms with Gasteiger partial charge in [-0.15, -0.1) is 0 Å². The van der Waals surface area contributed by atoms with Gasteiger partial charge in [-0.1, -0.05) is 6.07 Å². The topological polar surface area (TPSA) is 184 Å². The number of nitrogens with zero attached hydrogens (tertiary/aromatic N) is 7.